The largest absolute Gasteiger partial charge is 0.300 e. The van der Waals surface area contributed by atoms with Crippen LogP contribution in [0.2, 0.25) is 5.02 Å². The van der Waals surface area contributed by atoms with Crippen molar-refractivity contribution in [2.45, 2.75) is 6.42 Å². The van der Waals surface area contributed by atoms with Crippen LogP contribution >= 0.6 is 23.8 Å². The maximum atomic E-state index is 14.5. The van der Waals surface area contributed by atoms with Crippen molar-refractivity contribution in [3.63, 3.8) is 0 Å². The predicted octanol–water partition coefficient (Wildman–Crippen LogP) is 10.0. The number of halogens is 1. The van der Waals surface area contributed by atoms with Gasteiger partial charge in [-0.1, -0.05) is 145 Å². The van der Waals surface area contributed by atoms with Gasteiger partial charge in [-0.15, -0.1) is 0 Å². The number of rotatable bonds is 7. The molecule has 5 aromatic carbocycles. The molecule has 0 amide bonds. The second-order valence-electron chi connectivity index (χ2n) is 9.78. The van der Waals surface area contributed by atoms with Gasteiger partial charge in [-0.2, -0.15) is 0 Å². The molecule has 0 aliphatic carbocycles. The van der Waals surface area contributed by atoms with Crippen LogP contribution in [0.3, 0.4) is 0 Å². The highest BCUT2D eigenvalue weighted by Crippen LogP contribution is 2.40. The number of carbonyl (C=O) groups is 1. The number of nitrogens with zero attached hydrogens (tertiary/aromatic N) is 1. The summed E-state index contributed by atoms with van der Waals surface area (Å²) in [5.74, 6) is -0.105. The van der Waals surface area contributed by atoms with Crippen LogP contribution in [0, 0.1) is 4.64 Å². The molecule has 1 aromatic heterocycles. The van der Waals surface area contributed by atoms with Gasteiger partial charge in [0, 0.05) is 28.3 Å². The van der Waals surface area contributed by atoms with Gasteiger partial charge in [0.15, 0.2) is 5.78 Å². The SMILES string of the molecule is O=C(c1ccccc1)c1c(-c2ccccc2)c(Cc2ccccc2)c(-c2ccccc2)n(-c2ccc(Cl)cc2)c1=S. The molecule has 198 valence electrons. The molecule has 0 bridgehead atoms. The van der Waals surface area contributed by atoms with E-state index in [0.717, 1.165) is 39.2 Å². The van der Waals surface area contributed by atoms with Crippen molar-refractivity contribution in [1.29, 1.82) is 0 Å². The Morgan fingerprint density at radius 1 is 0.634 bits per heavy atom. The van der Waals surface area contributed by atoms with Gasteiger partial charge in [0.05, 0.1) is 11.3 Å². The highest BCUT2D eigenvalue weighted by atomic mass is 35.5. The smallest absolute Gasteiger partial charge is 0.196 e. The summed E-state index contributed by atoms with van der Waals surface area (Å²) in [5.41, 5.74) is 7.88. The molecule has 0 atom stereocenters. The molecule has 6 rings (SSSR count). The maximum Gasteiger partial charge on any atom is 0.196 e. The zero-order valence-corrected chi connectivity index (χ0v) is 23.8. The Labute approximate surface area is 250 Å². The Bertz CT molecular complexity index is 1870. The van der Waals surface area contributed by atoms with Crippen molar-refractivity contribution < 1.29 is 4.79 Å². The third kappa shape index (κ3) is 5.43. The predicted molar refractivity (Wildman–Crippen MR) is 172 cm³/mol. The summed E-state index contributed by atoms with van der Waals surface area (Å²) < 4.78 is 2.50. The lowest BCUT2D eigenvalue weighted by molar-refractivity contribution is 0.103. The number of hydrogen-bond acceptors (Lipinski definition) is 2. The van der Waals surface area contributed by atoms with E-state index in [1.165, 1.54) is 0 Å². The molecule has 0 fully saturated rings. The molecule has 2 nitrogen and oxygen atoms in total. The Kier molecular flexibility index (Phi) is 7.73. The summed E-state index contributed by atoms with van der Waals surface area (Å²) in [6, 6.07) is 47.7. The van der Waals surface area contributed by atoms with E-state index in [-0.39, 0.29) is 5.78 Å². The van der Waals surface area contributed by atoms with Crippen LogP contribution < -0.4 is 0 Å². The summed E-state index contributed by atoms with van der Waals surface area (Å²) in [6.07, 6.45) is 0.605. The van der Waals surface area contributed by atoms with E-state index in [9.17, 15) is 4.79 Å². The summed E-state index contributed by atoms with van der Waals surface area (Å²) in [7, 11) is 0. The van der Waals surface area contributed by atoms with E-state index in [1.54, 1.807) is 0 Å². The van der Waals surface area contributed by atoms with Crippen LogP contribution in [-0.4, -0.2) is 10.4 Å². The molecule has 0 aliphatic heterocycles. The van der Waals surface area contributed by atoms with Crippen molar-refractivity contribution >= 4 is 29.6 Å². The lowest BCUT2D eigenvalue weighted by Crippen LogP contribution is -2.16. The first-order valence-electron chi connectivity index (χ1n) is 13.4. The van der Waals surface area contributed by atoms with Gasteiger partial charge in [-0.05, 0) is 46.5 Å². The molecule has 6 aromatic rings. The number of carbonyl (C=O) groups excluding carboxylic acids is 1. The molecule has 4 heteroatoms. The van der Waals surface area contributed by atoms with Gasteiger partial charge in [0.2, 0.25) is 0 Å². The molecule has 1 heterocycles. The van der Waals surface area contributed by atoms with Crippen molar-refractivity contribution in [2.24, 2.45) is 0 Å². The highest BCUT2D eigenvalue weighted by molar-refractivity contribution is 7.71. The van der Waals surface area contributed by atoms with E-state index in [4.69, 9.17) is 23.8 Å². The number of pyridine rings is 1. The minimum atomic E-state index is -0.105. The second-order valence-corrected chi connectivity index (χ2v) is 10.6. The van der Waals surface area contributed by atoms with Crippen molar-refractivity contribution in [3.8, 4) is 28.1 Å². The van der Waals surface area contributed by atoms with E-state index in [2.05, 4.69) is 36.4 Å². The quantitative estimate of drug-likeness (QED) is 0.141. The zero-order valence-electron chi connectivity index (χ0n) is 22.2. The molecule has 41 heavy (non-hydrogen) atoms. The molecule has 0 spiro atoms. The van der Waals surface area contributed by atoms with Crippen LogP contribution in [0.1, 0.15) is 27.0 Å². The Balaban J connectivity index is 1.81. The van der Waals surface area contributed by atoms with Gasteiger partial charge in [-0.25, -0.2) is 0 Å². The molecule has 0 unspecified atom stereocenters. The standard InChI is InChI=1S/C37H26ClNOS/c38-30-21-23-31(24-22-30)39-35(28-17-9-3-10-18-28)32(25-26-13-5-1-6-14-26)33(27-15-7-2-8-16-27)34(37(39)41)36(40)29-19-11-4-12-20-29/h1-24H,25H2. The van der Waals surface area contributed by atoms with Gasteiger partial charge >= 0.3 is 0 Å². The minimum Gasteiger partial charge on any atom is -0.300 e. The fraction of sp³-hybridized carbons (Fsp3) is 0.0270. The van der Waals surface area contributed by atoms with Crippen LogP contribution in [0.5, 0.6) is 0 Å². The molecular formula is C37H26ClNOS. The van der Waals surface area contributed by atoms with Crippen molar-refractivity contribution in [3.05, 3.63) is 178 Å². The number of aromatic nitrogens is 1. The lowest BCUT2D eigenvalue weighted by atomic mass is 9.86. The number of ketones is 1. The summed E-state index contributed by atoms with van der Waals surface area (Å²) >= 11 is 12.6. The zero-order chi connectivity index (χ0) is 28.2. The molecular weight excluding hydrogens is 542 g/mol. The summed E-state index contributed by atoms with van der Waals surface area (Å²) in [4.78, 5) is 14.5. The van der Waals surface area contributed by atoms with Crippen LogP contribution in [-0.2, 0) is 6.42 Å². The van der Waals surface area contributed by atoms with E-state index in [0.29, 0.717) is 27.2 Å². The summed E-state index contributed by atoms with van der Waals surface area (Å²) in [5, 5.41) is 0.632. The third-order valence-electron chi connectivity index (χ3n) is 7.16. The monoisotopic (exact) mass is 567 g/mol. The maximum absolute atomic E-state index is 14.5. The molecule has 0 saturated heterocycles. The molecule has 0 aliphatic rings. The fourth-order valence-electron chi connectivity index (χ4n) is 5.30. The van der Waals surface area contributed by atoms with E-state index in [1.807, 2.05) is 114 Å². The second kappa shape index (κ2) is 11.9. The van der Waals surface area contributed by atoms with Gasteiger partial charge in [0.25, 0.3) is 0 Å². The topological polar surface area (TPSA) is 22.0 Å². The first-order chi connectivity index (χ1) is 20.1. The normalized spacial score (nSPS) is 10.9. The van der Waals surface area contributed by atoms with Crippen LogP contribution in [0.4, 0.5) is 0 Å². The van der Waals surface area contributed by atoms with Gasteiger partial charge in [0.1, 0.15) is 4.64 Å². The average molecular weight is 568 g/mol. The molecule has 0 saturated carbocycles. The number of benzene rings is 5. The van der Waals surface area contributed by atoms with Crippen LogP contribution in [0.15, 0.2) is 146 Å². The van der Waals surface area contributed by atoms with Gasteiger partial charge < -0.3 is 0 Å². The minimum absolute atomic E-state index is 0.105. The van der Waals surface area contributed by atoms with E-state index >= 15 is 0 Å². The highest BCUT2D eigenvalue weighted by Gasteiger charge is 2.27. The first-order valence-corrected chi connectivity index (χ1v) is 14.2. The van der Waals surface area contributed by atoms with Crippen LogP contribution in [0.25, 0.3) is 28.1 Å². The Morgan fingerprint density at radius 2 is 1.15 bits per heavy atom. The number of hydrogen-bond donors (Lipinski definition) is 0. The summed E-state index contributed by atoms with van der Waals surface area (Å²) in [6.45, 7) is 0. The third-order valence-corrected chi connectivity index (χ3v) is 7.80. The van der Waals surface area contributed by atoms with Crippen molar-refractivity contribution in [2.75, 3.05) is 0 Å². The van der Waals surface area contributed by atoms with Gasteiger partial charge in [-0.3, -0.25) is 9.36 Å². The van der Waals surface area contributed by atoms with Crippen molar-refractivity contribution in [1.82, 2.24) is 4.57 Å². The average Bonchev–Trinajstić information content (AvgIpc) is 3.03. The molecule has 0 N–H and O–H groups in total. The fourth-order valence-corrected chi connectivity index (χ4v) is 5.82. The molecule has 0 radical (unpaired) electrons. The Hall–Kier alpha value is -4.57. The lowest BCUT2D eigenvalue weighted by Gasteiger charge is -2.25. The Morgan fingerprint density at radius 3 is 1.73 bits per heavy atom. The first kappa shape index (κ1) is 26.6. The van der Waals surface area contributed by atoms with E-state index < -0.39 is 0 Å².